The predicted octanol–water partition coefficient (Wildman–Crippen LogP) is 1.46. The Morgan fingerprint density at radius 2 is 2.17 bits per heavy atom. The van der Waals surface area contributed by atoms with Crippen LogP contribution in [0.25, 0.3) is 11.3 Å². The van der Waals surface area contributed by atoms with Gasteiger partial charge in [-0.1, -0.05) is 35.5 Å². The van der Waals surface area contributed by atoms with Crippen molar-refractivity contribution in [2.75, 3.05) is 0 Å². The summed E-state index contributed by atoms with van der Waals surface area (Å²) >= 11 is 1.54. The third kappa shape index (κ3) is 2.29. The number of aliphatic carboxylic acids is 1. The lowest BCUT2D eigenvalue weighted by Gasteiger charge is -2.36. The second-order valence-electron chi connectivity index (χ2n) is 6.30. The van der Waals surface area contributed by atoms with Crippen molar-refractivity contribution < 1.29 is 14.7 Å². The van der Waals surface area contributed by atoms with Crippen molar-refractivity contribution >= 4 is 23.6 Å². The zero-order chi connectivity index (χ0) is 16.9. The highest BCUT2D eigenvalue weighted by Crippen LogP contribution is 2.51. The summed E-state index contributed by atoms with van der Waals surface area (Å²) in [4.78, 5) is 25.0. The van der Waals surface area contributed by atoms with Gasteiger partial charge in [0.05, 0.1) is 29.3 Å². The Hall–Kier alpha value is -2.35. The predicted molar refractivity (Wildman–Crippen MR) is 88.1 cm³/mol. The first-order valence-electron chi connectivity index (χ1n) is 7.65. The monoisotopic (exact) mass is 344 g/mol. The highest BCUT2D eigenvalue weighted by atomic mass is 32.2. The molecule has 24 heavy (non-hydrogen) atoms. The average Bonchev–Trinajstić information content (AvgIpc) is 3.09. The van der Waals surface area contributed by atoms with Crippen LogP contribution in [0.5, 0.6) is 0 Å². The fourth-order valence-corrected chi connectivity index (χ4v) is 5.17. The van der Waals surface area contributed by atoms with Crippen molar-refractivity contribution in [3.63, 3.8) is 0 Å². The molecule has 1 N–H and O–H groups in total. The maximum absolute atomic E-state index is 11.8. The number of rotatable bonds is 4. The molecule has 0 aliphatic carbocycles. The molecule has 2 fully saturated rings. The zero-order valence-corrected chi connectivity index (χ0v) is 13.8. The van der Waals surface area contributed by atoms with Gasteiger partial charge in [0.15, 0.2) is 0 Å². The largest absolute Gasteiger partial charge is 0.480 e. The number of benzene rings is 1. The summed E-state index contributed by atoms with van der Waals surface area (Å²) in [7, 11) is 0. The first kappa shape index (κ1) is 15.2. The van der Waals surface area contributed by atoms with Crippen LogP contribution in [0.1, 0.15) is 13.3 Å². The first-order valence-corrected chi connectivity index (χ1v) is 8.53. The van der Waals surface area contributed by atoms with Crippen molar-refractivity contribution in [2.24, 2.45) is 0 Å². The second kappa shape index (κ2) is 5.34. The smallest absolute Gasteiger partial charge is 0.327 e. The third-order valence-electron chi connectivity index (χ3n) is 4.53. The lowest BCUT2D eigenvalue weighted by Crippen LogP contribution is -2.58. The minimum atomic E-state index is -0.969. The quantitative estimate of drug-likeness (QED) is 0.845. The number of hydrogen-bond acceptors (Lipinski definition) is 5. The van der Waals surface area contributed by atoms with E-state index in [0.717, 1.165) is 11.3 Å². The summed E-state index contributed by atoms with van der Waals surface area (Å²) in [6, 6.07) is 8.86. The standard InChI is InChI=1S/C16H16N4O3S/c1-16(14(15(22)23)20-12(21)7-13(20)24-16)9-19-8-11(17-18-19)10-5-3-2-4-6-10/h2-6,8,13-14H,7,9H2,1H3,(H,22,23)/t13-,14+,16+/m1/s1. The van der Waals surface area contributed by atoms with Crippen molar-refractivity contribution in [1.82, 2.24) is 19.9 Å². The first-order chi connectivity index (χ1) is 11.5. The number of carboxylic acid groups (broad SMARTS) is 1. The number of carboxylic acids is 1. The van der Waals surface area contributed by atoms with E-state index in [1.807, 2.05) is 43.5 Å². The number of nitrogens with zero attached hydrogens (tertiary/aromatic N) is 4. The maximum atomic E-state index is 11.8. The van der Waals surface area contributed by atoms with E-state index in [1.54, 1.807) is 4.68 Å². The minimum Gasteiger partial charge on any atom is -0.480 e. The normalized spacial score (nSPS) is 28.5. The van der Waals surface area contributed by atoms with Gasteiger partial charge in [0, 0.05) is 5.56 Å². The van der Waals surface area contributed by atoms with Crippen molar-refractivity contribution in [1.29, 1.82) is 0 Å². The van der Waals surface area contributed by atoms with Crippen molar-refractivity contribution in [2.45, 2.75) is 36.1 Å². The van der Waals surface area contributed by atoms with Gasteiger partial charge in [-0.15, -0.1) is 16.9 Å². The van der Waals surface area contributed by atoms with Crippen LogP contribution in [0.4, 0.5) is 0 Å². The molecule has 1 amide bonds. The molecular formula is C16H16N4O3S. The molecule has 2 aromatic rings. The van der Waals surface area contributed by atoms with Crippen LogP contribution in [0.15, 0.2) is 36.5 Å². The number of hydrogen-bond donors (Lipinski definition) is 1. The van der Waals surface area contributed by atoms with Crippen LogP contribution in [-0.2, 0) is 16.1 Å². The molecular weight excluding hydrogens is 328 g/mol. The molecule has 1 aromatic carbocycles. The molecule has 2 aliphatic heterocycles. The maximum Gasteiger partial charge on any atom is 0.327 e. The molecule has 4 rings (SSSR count). The number of carbonyl (C=O) groups is 2. The van der Waals surface area contributed by atoms with Gasteiger partial charge in [0.25, 0.3) is 0 Å². The molecule has 0 unspecified atom stereocenters. The molecule has 0 radical (unpaired) electrons. The summed E-state index contributed by atoms with van der Waals surface area (Å²) in [5.41, 5.74) is 1.70. The number of β-lactam (4-membered cyclic amide) rings is 1. The van der Waals surface area contributed by atoms with Crippen LogP contribution in [0.2, 0.25) is 0 Å². The summed E-state index contributed by atoms with van der Waals surface area (Å²) in [6.45, 7) is 2.26. The fraction of sp³-hybridized carbons (Fsp3) is 0.375. The average molecular weight is 344 g/mol. The summed E-state index contributed by atoms with van der Waals surface area (Å²) in [6.07, 6.45) is 2.23. The summed E-state index contributed by atoms with van der Waals surface area (Å²) in [5, 5.41) is 17.9. The number of fused-ring (bicyclic) bond motifs is 1. The van der Waals surface area contributed by atoms with Crippen molar-refractivity contribution in [3.8, 4) is 11.3 Å². The molecule has 8 heteroatoms. The van der Waals surface area contributed by atoms with E-state index in [4.69, 9.17) is 0 Å². The van der Waals surface area contributed by atoms with Crippen LogP contribution >= 0.6 is 11.8 Å². The van der Waals surface area contributed by atoms with E-state index >= 15 is 0 Å². The second-order valence-corrected chi connectivity index (χ2v) is 8.01. The Labute approximate surface area is 142 Å². The van der Waals surface area contributed by atoms with E-state index in [2.05, 4.69) is 10.3 Å². The van der Waals surface area contributed by atoms with E-state index in [-0.39, 0.29) is 11.3 Å². The van der Waals surface area contributed by atoms with Gasteiger partial charge in [-0.25, -0.2) is 4.79 Å². The summed E-state index contributed by atoms with van der Waals surface area (Å²) < 4.78 is 1.03. The number of thioether (sulfide) groups is 1. The van der Waals surface area contributed by atoms with Crippen molar-refractivity contribution in [3.05, 3.63) is 36.5 Å². The van der Waals surface area contributed by atoms with Crippen LogP contribution in [0, 0.1) is 0 Å². The lowest BCUT2D eigenvalue weighted by molar-refractivity contribution is -0.157. The van der Waals surface area contributed by atoms with Gasteiger partial charge < -0.3 is 10.0 Å². The van der Waals surface area contributed by atoms with Gasteiger partial charge in [-0.3, -0.25) is 9.48 Å². The number of carbonyl (C=O) groups excluding carboxylic acids is 1. The fourth-order valence-electron chi connectivity index (χ4n) is 3.42. The van der Waals surface area contributed by atoms with Gasteiger partial charge in [0.2, 0.25) is 5.91 Å². The molecule has 0 saturated carbocycles. The molecule has 7 nitrogen and oxygen atoms in total. The van der Waals surface area contributed by atoms with Gasteiger partial charge in [0.1, 0.15) is 11.7 Å². The van der Waals surface area contributed by atoms with E-state index < -0.39 is 16.8 Å². The Morgan fingerprint density at radius 3 is 2.83 bits per heavy atom. The van der Waals surface area contributed by atoms with Gasteiger partial charge >= 0.3 is 5.97 Å². The molecule has 1 aromatic heterocycles. The molecule has 2 aliphatic rings. The topological polar surface area (TPSA) is 88.3 Å². The van der Waals surface area contributed by atoms with E-state index in [9.17, 15) is 14.7 Å². The third-order valence-corrected chi connectivity index (χ3v) is 6.08. The molecule has 2 saturated heterocycles. The highest BCUT2D eigenvalue weighted by molar-refractivity contribution is 8.01. The minimum absolute atomic E-state index is 0.0410. The van der Waals surface area contributed by atoms with Gasteiger partial charge in [-0.05, 0) is 6.92 Å². The van der Waals surface area contributed by atoms with E-state index in [0.29, 0.717) is 13.0 Å². The Bertz CT molecular complexity index is 809. The molecule has 3 atom stereocenters. The van der Waals surface area contributed by atoms with Crippen LogP contribution in [-0.4, -0.2) is 53.0 Å². The summed E-state index contributed by atoms with van der Waals surface area (Å²) in [5.74, 6) is -1.06. The number of amides is 1. The number of aromatic nitrogens is 3. The van der Waals surface area contributed by atoms with Gasteiger partial charge in [-0.2, -0.15) is 0 Å². The Kier molecular flexibility index (Phi) is 3.38. The highest BCUT2D eigenvalue weighted by Gasteiger charge is 2.60. The lowest BCUT2D eigenvalue weighted by atomic mass is 9.96. The molecule has 124 valence electrons. The molecule has 0 spiro atoms. The molecule has 0 bridgehead atoms. The Morgan fingerprint density at radius 1 is 1.42 bits per heavy atom. The van der Waals surface area contributed by atoms with Crippen LogP contribution < -0.4 is 0 Å². The zero-order valence-electron chi connectivity index (χ0n) is 13.0. The Balaban J connectivity index is 1.59. The SMILES string of the molecule is C[C@@]1(Cn2cc(-c3ccccc3)nn2)S[C@@H]2CC(=O)N2[C@H]1C(=O)O. The van der Waals surface area contributed by atoms with E-state index in [1.165, 1.54) is 16.7 Å². The van der Waals surface area contributed by atoms with Crippen LogP contribution in [0.3, 0.4) is 0 Å². The molecule has 3 heterocycles.